The molecule has 0 N–H and O–H groups in total. The zero-order valence-corrected chi connectivity index (χ0v) is 14.0. The van der Waals surface area contributed by atoms with Gasteiger partial charge in [-0.05, 0) is 24.6 Å². The maximum atomic E-state index is 9.70. The van der Waals surface area contributed by atoms with Crippen LogP contribution in [-0.2, 0) is 9.37 Å². The smallest absolute Gasteiger partial charge is 0.691 e. The van der Waals surface area contributed by atoms with Gasteiger partial charge >= 0.3 is 29.6 Å². The molecule has 0 aliphatic heterocycles. The van der Waals surface area contributed by atoms with Gasteiger partial charge in [0.1, 0.15) is 5.75 Å². The molecule has 0 atom stereocenters. The standard InChI is InChI=1S/C9H11IO4S.Na/c1-7-2-3-8(12-5-4-10)6-9(7)15-14-13-11;/h2-3,6,11H,4-5H2,1H3;/q;+1/p-1. The Balaban J connectivity index is 0.00000225. The topological polar surface area (TPSA) is 50.8 Å². The van der Waals surface area contributed by atoms with Gasteiger partial charge in [-0.2, -0.15) is 4.33 Å². The molecular weight excluding hydrogens is 354 g/mol. The maximum Gasteiger partial charge on any atom is 1.00 e. The quantitative estimate of drug-likeness (QED) is 0.163. The van der Waals surface area contributed by atoms with Crippen LogP contribution >= 0.6 is 34.6 Å². The largest absolute Gasteiger partial charge is 1.00 e. The van der Waals surface area contributed by atoms with Crippen molar-refractivity contribution in [1.82, 2.24) is 0 Å². The Morgan fingerprint density at radius 2 is 2.19 bits per heavy atom. The predicted octanol–water partition coefficient (Wildman–Crippen LogP) is -0.957. The van der Waals surface area contributed by atoms with Gasteiger partial charge in [0.25, 0.3) is 0 Å². The molecule has 0 aliphatic rings. The zero-order valence-electron chi connectivity index (χ0n) is 9.07. The Labute approximate surface area is 135 Å². The Hall–Kier alpha value is 0.980. The summed E-state index contributed by atoms with van der Waals surface area (Å²) < 4.78 is 10.6. The van der Waals surface area contributed by atoms with Crippen LogP contribution in [0.4, 0.5) is 0 Å². The fraction of sp³-hybridized carbons (Fsp3) is 0.333. The molecule has 1 rings (SSSR count). The van der Waals surface area contributed by atoms with Gasteiger partial charge < -0.3 is 9.99 Å². The minimum Gasteiger partial charge on any atom is -0.691 e. The first kappa shape index (κ1) is 17.0. The second-order valence-electron chi connectivity index (χ2n) is 2.68. The van der Waals surface area contributed by atoms with Gasteiger partial charge in [0.2, 0.25) is 0 Å². The van der Waals surface area contributed by atoms with Crippen molar-refractivity contribution >= 4 is 34.6 Å². The number of aryl methyl sites for hydroxylation is 1. The number of halogens is 1. The molecule has 7 heteroatoms. The van der Waals surface area contributed by atoms with Crippen LogP contribution in [0.5, 0.6) is 5.75 Å². The minimum atomic E-state index is 0. The van der Waals surface area contributed by atoms with Crippen LogP contribution < -0.4 is 39.6 Å². The van der Waals surface area contributed by atoms with E-state index < -0.39 is 0 Å². The average Bonchev–Trinajstić information content (AvgIpc) is 2.26. The Kier molecular flexibility index (Phi) is 10.6. The summed E-state index contributed by atoms with van der Waals surface area (Å²) in [6.45, 7) is 2.57. The van der Waals surface area contributed by atoms with E-state index in [2.05, 4.69) is 32.0 Å². The summed E-state index contributed by atoms with van der Waals surface area (Å²) in [4.78, 5) is 0.803. The van der Waals surface area contributed by atoms with Crippen molar-refractivity contribution in [3.63, 3.8) is 0 Å². The van der Waals surface area contributed by atoms with Crippen molar-refractivity contribution < 1.29 is 48.9 Å². The van der Waals surface area contributed by atoms with E-state index in [0.29, 0.717) is 6.61 Å². The van der Waals surface area contributed by atoms with Crippen LogP contribution in [0.2, 0.25) is 0 Å². The average molecular weight is 364 g/mol. The molecule has 1 aromatic rings. The Morgan fingerprint density at radius 3 is 2.81 bits per heavy atom. The van der Waals surface area contributed by atoms with E-state index in [1.165, 1.54) is 0 Å². The zero-order chi connectivity index (χ0) is 11.1. The number of benzene rings is 1. The predicted molar refractivity (Wildman–Crippen MR) is 63.6 cm³/mol. The van der Waals surface area contributed by atoms with Gasteiger partial charge in [-0.1, -0.05) is 28.7 Å². The van der Waals surface area contributed by atoms with Crippen LogP contribution in [-0.4, -0.2) is 11.0 Å². The van der Waals surface area contributed by atoms with Crippen molar-refractivity contribution in [3.8, 4) is 5.75 Å². The van der Waals surface area contributed by atoms with Crippen molar-refractivity contribution in [2.75, 3.05) is 11.0 Å². The molecule has 4 nitrogen and oxygen atoms in total. The summed E-state index contributed by atoms with van der Waals surface area (Å²) in [5.41, 5.74) is 0.999. The normalized spacial score (nSPS) is 9.69. The summed E-state index contributed by atoms with van der Waals surface area (Å²) in [6.07, 6.45) is 0. The molecule has 0 aromatic heterocycles. The van der Waals surface area contributed by atoms with Crippen LogP contribution in [0.3, 0.4) is 0 Å². The van der Waals surface area contributed by atoms with Gasteiger partial charge in [0, 0.05) is 9.32 Å². The first-order valence-electron chi connectivity index (χ1n) is 4.20. The molecule has 0 fully saturated rings. The van der Waals surface area contributed by atoms with E-state index in [0.717, 1.165) is 32.7 Å². The molecule has 0 heterocycles. The summed E-state index contributed by atoms with van der Waals surface area (Å²) in [7, 11) is 0. The number of alkyl halides is 1. The molecule has 0 bridgehead atoms. The summed E-state index contributed by atoms with van der Waals surface area (Å²) in [6, 6.07) is 5.59. The van der Waals surface area contributed by atoms with Crippen molar-refractivity contribution in [2.45, 2.75) is 11.8 Å². The minimum absolute atomic E-state index is 0. The van der Waals surface area contributed by atoms with Crippen LogP contribution in [0, 0.1) is 6.92 Å². The van der Waals surface area contributed by atoms with E-state index in [1.807, 2.05) is 25.1 Å². The third kappa shape index (κ3) is 6.06. The first-order valence-corrected chi connectivity index (χ1v) is 6.47. The summed E-state index contributed by atoms with van der Waals surface area (Å²) >= 11 is 3.11. The van der Waals surface area contributed by atoms with Crippen molar-refractivity contribution in [1.29, 1.82) is 0 Å². The fourth-order valence-corrected chi connectivity index (χ4v) is 1.65. The molecule has 0 aliphatic carbocycles. The molecule has 0 amide bonds. The van der Waals surface area contributed by atoms with Crippen molar-refractivity contribution in [2.24, 2.45) is 0 Å². The number of ether oxygens (including phenoxy) is 1. The van der Waals surface area contributed by atoms with Crippen LogP contribution in [0.15, 0.2) is 23.1 Å². The second-order valence-corrected chi connectivity index (χ2v) is 4.51. The van der Waals surface area contributed by atoms with E-state index >= 15 is 0 Å². The number of rotatable bonds is 6. The number of hydrogen-bond donors (Lipinski definition) is 0. The molecule has 16 heavy (non-hydrogen) atoms. The molecule has 0 spiro atoms. The van der Waals surface area contributed by atoms with Gasteiger partial charge in [-0.25, -0.2) is 0 Å². The number of hydrogen-bond acceptors (Lipinski definition) is 5. The van der Waals surface area contributed by atoms with E-state index in [-0.39, 0.29) is 29.6 Å². The Bertz CT molecular complexity index is 314. The third-order valence-corrected chi connectivity index (χ3v) is 2.84. The molecular formula is C9H10INaO4S. The maximum absolute atomic E-state index is 9.70. The van der Waals surface area contributed by atoms with Gasteiger partial charge in [-0.3, -0.25) is 5.04 Å². The first-order chi connectivity index (χ1) is 7.27. The Morgan fingerprint density at radius 1 is 1.44 bits per heavy atom. The van der Waals surface area contributed by atoms with E-state index in [1.54, 1.807) is 0 Å². The molecule has 84 valence electrons. The van der Waals surface area contributed by atoms with Gasteiger partial charge in [-0.15, -0.1) is 0 Å². The third-order valence-electron chi connectivity index (χ3n) is 1.66. The molecule has 0 saturated carbocycles. The second kappa shape index (κ2) is 9.95. The fourth-order valence-electron chi connectivity index (χ4n) is 0.967. The van der Waals surface area contributed by atoms with Crippen LogP contribution in [0.1, 0.15) is 5.56 Å². The molecule has 0 unspecified atom stereocenters. The monoisotopic (exact) mass is 364 g/mol. The molecule has 0 radical (unpaired) electrons. The summed E-state index contributed by atoms with van der Waals surface area (Å²) in [5.74, 6) is 0.759. The summed E-state index contributed by atoms with van der Waals surface area (Å²) in [5, 5.41) is 13.0. The van der Waals surface area contributed by atoms with Gasteiger partial charge in [0.05, 0.1) is 18.6 Å². The molecule has 0 saturated heterocycles. The van der Waals surface area contributed by atoms with E-state index in [4.69, 9.17) is 4.74 Å². The SMILES string of the molecule is Cc1ccc(OCCI)cc1SOO[O-].[Na+]. The molecule has 1 aromatic carbocycles. The van der Waals surface area contributed by atoms with E-state index in [9.17, 15) is 5.26 Å². The van der Waals surface area contributed by atoms with Gasteiger partial charge in [0.15, 0.2) is 0 Å². The van der Waals surface area contributed by atoms with Crippen LogP contribution in [0.25, 0.3) is 0 Å². The van der Waals surface area contributed by atoms with Crippen molar-refractivity contribution in [3.05, 3.63) is 23.8 Å².